The summed E-state index contributed by atoms with van der Waals surface area (Å²) in [5.41, 5.74) is 2.29. The fourth-order valence-corrected chi connectivity index (χ4v) is 3.11. The van der Waals surface area contributed by atoms with Crippen LogP contribution >= 0.6 is 0 Å². The summed E-state index contributed by atoms with van der Waals surface area (Å²) < 4.78 is 16.7. The second kappa shape index (κ2) is 11.3. The molecule has 0 fully saturated rings. The molecule has 0 bridgehead atoms. The molecule has 2 aromatic rings. The molecule has 0 radical (unpaired) electrons. The van der Waals surface area contributed by atoms with Crippen LogP contribution in [0.1, 0.15) is 35.3 Å². The first-order chi connectivity index (χ1) is 14.0. The van der Waals surface area contributed by atoms with Crippen molar-refractivity contribution in [2.75, 3.05) is 40.5 Å². The van der Waals surface area contributed by atoms with E-state index in [1.165, 1.54) is 0 Å². The van der Waals surface area contributed by atoms with Crippen molar-refractivity contribution >= 4 is 5.91 Å². The molecule has 158 valence electrons. The quantitative estimate of drug-likeness (QED) is 0.624. The number of nitrogens with one attached hydrogen (secondary N) is 1. The molecule has 0 aromatic heterocycles. The number of methoxy groups -OCH3 is 2. The van der Waals surface area contributed by atoms with Gasteiger partial charge < -0.3 is 24.4 Å². The molecule has 1 N–H and O–H groups in total. The van der Waals surface area contributed by atoms with E-state index in [4.69, 9.17) is 14.2 Å². The number of ether oxygens (including phenoxy) is 3. The van der Waals surface area contributed by atoms with Crippen LogP contribution < -0.4 is 19.5 Å². The standard InChI is InChI=1S/C23H32N2O4/c1-6-25(7-2)12-13-29-20-11-9-8-10-18(20)16-24-23(26)19-14-21(27-4)17(3)22(15-19)28-5/h8-11,14-15H,6-7,12-13,16H2,1-5H3,(H,24,26). The minimum Gasteiger partial charge on any atom is -0.496 e. The summed E-state index contributed by atoms with van der Waals surface area (Å²) >= 11 is 0. The van der Waals surface area contributed by atoms with Gasteiger partial charge in [-0.05, 0) is 38.2 Å². The summed E-state index contributed by atoms with van der Waals surface area (Å²) in [6, 6.07) is 11.2. The summed E-state index contributed by atoms with van der Waals surface area (Å²) in [5, 5.41) is 2.96. The summed E-state index contributed by atoms with van der Waals surface area (Å²) in [6.45, 7) is 10.0. The second-order valence-corrected chi connectivity index (χ2v) is 6.67. The Labute approximate surface area is 173 Å². The van der Waals surface area contributed by atoms with Crippen LogP contribution in [-0.4, -0.2) is 51.3 Å². The first-order valence-corrected chi connectivity index (χ1v) is 9.97. The maximum Gasteiger partial charge on any atom is 0.251 e. The number of rotatable bonds is 11. The monoisotopic (exact) mass is 400 g/mol. The van der Waals surface area contributed by atoms with Crippen LogP contribution in [0, 0.1) is 6.92 Å². The molecule has 1 amide bonds. The van der Waals surface area contributed by atoms with Crippen molar-refractivity contribution in [3.05, 3.63) is 53.1 Å². The van der Waals surface area contributed by atoms with Crippen molar-refractivity contribution in [1.29, 1.82) is 0 Å². The minimum atomic E-state index is -0.195. The van der Waals surface area contributed by atoms with Gasteiger partial charge in [-0.2, -0.15) is 0 Å². The van der Waals surface area contributed by atoms with Crippen LogP contribution in [0.5, 0.6) is 17.2 Å². The number of para-hydroxylation sites is 1. The van der Waals surface area contributed by atoms with Crippen molar-refractivity contribution in [3.8, 4) is 17.2 Å². The lowest BCUT2D eigenvalue weighted by Crippen LogP contribution is -2.28. The molecule has 0 unspecified atom stereocenters. The average molecular weight is 401 g/mol. The summed E-state index contributed by atoms with van der Waals surface area (Å²) in [6.07, 6.45) is 0. The van der Waals surface area contributed by atoms with Gasteiger partial charge in [0.25, 0.3) is 5.91 Å². The summed E-state index contributed by atoms with van der Waals surface area (Å²) in [5.74, 6) is 1.84. The average Bonchev–Trinajstić information content (AvgIpc) is 2.75. The number of carbonyl (C=O) groups excluding carboxylic acids is 1. The highest BCUT2D eigenvalue weighted by Crippen LogP contribution is 2.29. The Hall–Kier alpha value is -2.73. The van der Waals surface area contributed by atoms with Crippen LogP contribution in [0.3, 0.4) is 0 Å². The van der Waals surface area contributed by atoms with Crippen molar-refractivity contribution in [2.45, 2.75) is 27.3 Å². The van der Waals surface area contributed by atoms with Gasteiger partial charge in [-0.1, -0.05) is 32.0 Å². The molecule has 0 aliphatic carbocycles. The first-order valence-electron chi connectivity index (χ1n) is 9.97. The van der Waals surface area contributed by atoms with E-state index in [9.17, 15) is 4.79 Å². The van der Waals surface area contributed by atoms with Gasteiger partial charge in [0.1, 0.15) is 23.9 Å². The van der Waals surface area contributed by atoms with Gasteiger partial charge in [-0.25, -0.2) is 0 Å². The highest BCUT2D eigenvalue weighted by Gasteiger charge is 2.14. The zero-order chi connectivity index (χ0) is 21.2. The zero-order valence-electron chi connectivity index (χ0n) is 18.1. The van der Waals surface area contributed by atoms with E-state index >= 15 is 0 Å². The number of nitrogens with zero attached hydrogens (tertiary/aromatic N) is 1. The SMILES string of the molecule is CCN(CC)CCOc1ccccc1CNC(=O)c1cc(OC)c(C)c(OC)c1. The molecule has 0 atom stereocenters. The van der Waals surface area contributed by atoms with Crippen LogP contribution in [0.25, 0.3) is 0 Å². The molecular weight excluding hydrogens is 368 g/mol. The second-order valence-electron chi connectivity index (χ2n) is 6.67. The van der Waals surface area contributed by atoms with Gasteiger partial charge >= 0.3 is 0 Å². The Morgan fingerprint density at radius 3 is 2.21 bits per heavy atom. The van der Waals surface area contributed by atoms with Crippen molar-refractivity contribution in [3.63, 3.8) is 0 Å². The topological polar surface area (TPSA) is 60.0 Å². The molecule has 0 spiro atoms. The summed E-state index contributed by atoms with van der Waals surface area (Å²) in [7, 11) is 3.16. The van der Waals surface area contributed by atoms with Gasteiger partial charge in [0.05, 0.1) is 14.2 Å². The molecule has 6 nitrogen and oxygen atoms in total. The number of likely N-dealkylation sites (N-methyl/N-ethyl adjacent to an activating group) is 1. The Kier molecular flexibility index (Phi) is 8.80. The van der Waals surface area contributed by atoms with Crippen LogP contribution in [0.4, 0.5) is 0 Å². The van der Waals surface area contributed by atoms with Crippen LogP contribution in [0.2, 0.25) is 0 Å². The van der Waals surface area contributed by atoms with Crippen molar-refractivity contribution in [2.24, 2.45) is 0 Å². The Morgan fingerprint density at radius 1 is 1.00 bits per heavy atom. The largest absolute Gasteiger partial charge is 0.496 e. The molecule has 29 heavy (non-hydrogen) atoms. The lowest BCUT2D eigenvalue weighted by molar-refractivity contribution is 0.0950. The Balaban J connectivity index is 2.04. The maximum atomic E-state index is 12.7. The molecular formula is C23H32N2O4. The maximum absolute atomic E-state index is 12.7. The fraction of sp³-hybridized carbons (Fsp3) is 0.435. The molecule has 2 aromatic carbocycles. The van der Waals surface area contributed by atoms with E-state index in [0.29, 0.717) is 30.2 Å². The molecule has 0 aliphatic rings. The van der Waals surface area contributed by atoms with Crippen molar-refractivity contribution in [1.82, 2.24) is 10.2 Å². The molecule has 0 saturated heterocycles. The molecule has 2 rings (SSSR count). The zero-order valence-corrected chi connectivity index (χ0v) is 18.1. The van der Waals surface area contributed by atoms with E-state index in [-0.39, 0.29) is 5.91 Å². The number of benzene rings is 2. The van der Waals surface area contributed by atoms with Crippen LogP contribution in [-0.2, 0) is 6.54 Å². The van der Waals surface area contributed by atoms with Gasteiger partial charge in [0.2, 0.25) is 0 Å². The molecule has 0 heterocycles. The highest BCUT2D eigenvalue weighted by atomic mass is 16.5. The number of hydrogen-bond acceptors (Lipinski definition) is 5. The van der Waals surface area contributed by atoms with Gasteiger partial charge in [0, 0.05) is 29.8 Å². The first kappa shape index (κ1) is 22.6. The highest BCUT2D eigenvalue weighted by molar-refractivity contribution is 5.95. The Morgan fingerprint density at radius 2 is 1.62 bits per heavy atom. The third kappa shape index (κ3) is 6.12. The fourth-order valence-electron chi connectivity index (χ4n) is 3.11. The normalized spacial score (nSPS) is 10.7. The van der Waals surface area contributed by atoms with E-state index in [1.54, 1.807) is 26.4 Å². The van der Waals surface area contributed by atoms with E-state index in [0.717, 1.165) is 36.5 Å². The third-order valence-corrected chi connectivity index (χ3v) is 4.99. The predicted octanol–water partition coefficient (Wildman–Crippen LogP) is 3.66. The summed E-state index contributed by atoms with van der Waals surface area (Å²) in [4.78, 5) is 15.0. The molecule has 0 aliphatic heterocycles. The van der Waals surface area contributed by atoms with Gasteiger partial charge in [-0.15, -0.1) is 0 Å². The van der Waals surface area contributed by atoms with Gasteiger partial charge in [0.15, 0.2) is 0 Å². The number of carbonyl (C=O) groups is 1. The number of hydrogen-bond donors (Lipinski definition) is 1. The molecule has 6 heteroatoms. The van der Waals surface area contributed by atoms with E-state index in [1.807, 2.05) is 31.2 Å². The van der Waals surface area contributed by atoms with E-state index < -0.39 is 0 Å². The predicted molar refractivity (Wildman–Crippen MR) is 115 cm³/mol. The number of amides is 1. The third-order valence-electron chi connectivity index (χ3n) is 4.99. The Bertz CT molecular complexity index is 778. The lowest BCUT2D eigenvalue weighted by atomic mass is 10.1. The van der Waals surface area contributed by atoms with Gasteiger partial charge in [-0.3, -0.25) is 4.79 Å². The van der Waals surface area contributed by atoms with Crippen molar-refractivity contribution < 1.29 is 19.0 Å². The van der Waals surface area contributed by atoms with E-state index in [2.05, 4.69) is 24.1 Å². The minimum absolute atomic E-state index is 0.195. The lowest BCUT2D eigenvalue weighted by Gasteiger charge is -2.19. The molecule has 0 saturated carbocycles. The smallest absolute Gasteiger partial charge is 0.251 e. The van der Waals surface area contributed by atoms with Crippen LogP contribution in [0.15, 0.2) is 36.4 Å².